The van der Waals surface area contributed by atoms with Gasteiger partial charge in [0.05, 0.1) is 7.11 Å². The maximum atomic E-state index is 6.48. The third-order valence-corrected chi connectivity index (χ3v) is 5.19. The number of hydrogen-bond acceptors (Lipinski definition) is 3. The molecule has 2 unspecified atom stereocenters. The van der Waals surface area contributed by atoms with E-state index in [1.165, 1.54) is 11.1 Å². The SMILES string of the molecule is CCCNC1c2c(Cl)ccc(OC)c2CSCC1C. The fourth-order valence-electron chi connectivity index (χ4n) is 2.62. The van der Waals surface area contributed by atoms with E-state index in [1.807, 2.05) is 23.9 Å². The van der Waals surface area contributed by atoms with Gasteiger partial charge in [-0.15, -0.1) is 0 Å². The minimum atomic E-state index is 0.326. The van der Waals surface area contributed by atoms with E-state index >= 15 is 0 Å². The van der Waals surface area contributed by atoms with Crippen LogP contribution in [0.2, 0.25) is 5.02 Å². The van der Waals surface area contributed by atoms with Gasteiger partial charge in [0.25, 0.3) is 0 Å². The van der Waals surface area contributed by atoms with Crippen molar-refractivity contribution in [3.8, 4) is 5.75 Å². The Morgan fingerprint density at radius 2 is 2.26 bits per heavy atom. The average Bonchev–Trinajstić information content (AvgIpc) is 2.57. The summed E-state index contributed by atoms with van der Waals surface area (Å²) in [6.45, 7) is 5.51. The molecule has 1 N–H and O–H groups in total. The maximum Gasteiger partial charge on any atom is 0.123 e. The lowest BCUT2D eigenvalue weighted by Crippen LogP contribution is -2.29. The van der Waals surface area contributed by atoms with Crippen molar-refractivity contribution < 1.29 is 4.74 Å². The molecule has 1 aliphatic heterocycles. The molecule has 19 heavy (non-hydrogen) atoms. The summed E-state index contributed by atoms with van der Waals surface area (Å²) in [5.41, 5.74) is 2.50. The molecule has 2 rings (SSSR count). The van der Waals surface area contributed by atoms with Gasteiger partial charge < -0.3 is 10.1 Å². The molecule has 0 amide bonds. The lowest BCUT2D eigenvalue weighted by molar-refractivity contribution is 0.399. The van der Waals surface area contributed by atoms with Crippen molar-refractivity contribution >= 4 is 23.4 Å². The van der Waals surface area contributed by atoms with Crippen LogP contribution in [0.15, 0.2) is 12.1 Å². The normalized spacial score (nSPS) is 22.7. The summed E-state index contributed by atoms with van der Waals surface area (Å²) < 4.78 is 5.51. The molecule has 1 aromatic rings. The molecular formula is C15H22ClNOS. The van der Waals surface area contributed by atoms with Gasteiger partial charge in [-0.05, 0) is 42.3 Å². The third-order valence-electron chi connectivity index (χ3n) is 3.60. The molecular weight excluding hydrogens is 278 g/mol. The molecule has 1 aliphatic rings. The fraction of sp³-hybridized carbons (Fsp3) is 0.600. The van der Waals surface area contributed by atoms with E-state index in [0.29, 0.717) is 12.0 Å². The summed E-state index contributed by atoms with van der Waals surface area (Å²) in [6.07, 6.45) is 1.13. The summed E-state index contributed by atoms with van der Waals surface area (Å²) in [5.74, 6) is 3.66. The molecule has 1 aromatic carbocycles. The monoisotopic (exact) mass is 299 g/mol. The Kier molecular flexibility index (Phi) is 5.43. The predicted octanol–water partition coefficient (Wildman–Crippen LogP) is 4.27. The molecule has 0 fully saturated rings. The number of halogens is 1. The zero-order valence-corrected chi connectivity index (χ0v) is 13.4. The number of methoxy groups -OCH3 is 1. The molecule has 2 atom stereocenters. The summed E-state index contributed by atoms with van der Waals surface area (Å²) in [4.78, 5) is 0. The van der Waals surface area contributed by atoms with Gasteiger partial charge in [-0.1, -0.05) is 25.4 Å². The molecule has 0 aliphatic carbocycles. The van der Waals surface area contributed by atoms with Crippen molar-refractivity contribution in [3.05, 3.63) is 28.3 Å². The smallest absolute Gasteiger partial charge is 0.123 e. The highest BCUT2D eigenvalue weighted by atomic mass is 35.5. The van der Waals surface area contributed by atoms with Gasteiger partial charge in [0.15, 0.2) is 0 Å². The van der Waals surface area contributed by atoms with Crippen molar-refractivity contribution in [1.29, 1.82) is 0 Å². The minimum absolute atomic E-state index is 0.326. The standard InChI is InChI=1S/C15H22ClNOS/c1-4-7-17-15-10(2)8-19-9-11-13(18-3)6-5-12(16)14(11)15/h5-6,10,15,17H,4,7-9H2,1-3H3. The van der Waals surface area contributed by atoms with Crippen molar-refractivity contribution in [1.82, 2.24) is 5.32 Å². The van der Waals surface area contributed by atoms with E-state index in [0.717, 1.165) is 35.2 Å². The van der Waals surface area contributed by atoms with E-state index in [9.17, 15) is 0 Å². The van der Waals surface area contributed by atoms with Gasteiger partial charge in [0, 0.05) is 22.4 Å². The van der Waals surface area contributed by atoms with Crippen LogP contribution < -0.4 is 10.1 Å². The molecule has 106 valence electrons. The Balaban J connectivity index is 2.45. The van der Waals surface area contributed by atoms with Crippen molar-refractivity contribution in [3.63, 3.8) is 0 Å². The van der Waals surface area contributed by atoms with Gasteiger partial charge in [-0.2, -0.15) is 11.8 Å². The summed E-state index contributed by atoms with van der Waals surface area (Å²) in [7, 11) is 1.73. The van der Waals surface area contributed by atoms with Crippen molar-refractivity contribution in [2.24, 2.45) is 5.92 Å². The molecule has 4 heteroatoms. The molecule has 2 nitrogen and oxygen atoms in total. The number of ether oxygens (including phenoxy) is 1. The van der Waals surface area contributed by atoms with Crippen LogP contribution in [0.4, 0.5) is 0 Å². The van der Waals surface area contributed by atoms with E-state index in [1.54, 1.807) is 7.11 Å². The quantitative estimate of drug-likeness (QED) is 0.897. The minimum Gasteiger partial charge on any atom is -0.496 e. The van der Waals surface area contributed by atoms with Crippen molar-refractivity contribution in [2.75, 3.05) is 19.4 Å². The lowest BCUT2D eigenvalue weighted by atomic mass is 9.92. The van der Waals surface area contributed by atoms with Crippen LogP contribution in [0.1, 0.15) is 37.4 Å². The molecule has 1 heterocycles. The van der Waals surface area contributed by atoms with E-state index < -0.39 is 0 Å². The number of fused-ring (bicyclic) bond motifs is 1. The van der Waals surface area contributed by atoms with Crippen LogP contribution in [0, 0.1) is 5.92 Å². The average molecular weight is 300 g/mol. The number of hydrogen-bond donors (Lipinski definition) is 1. The number of nitrogens with one attached hydrogen (secondary N) is 1. The summed E-state index contributed by atoms with van der Waals surface area (Å²) in [6, 6.07) is 4.27. The Labute approximate surface area is 125 Å². The number of benzene rings is 1. The highest BCUT2D eigenvalue weighted by Crippen LogP contribution is 2.42. The highest BCUT2D eigenvalue weighted by molar-refractivity contribution is 7.98. The Morgan fingerprint density at radius 3 is 2.95 bits per heavy atom. The Hall–Kier alpha value is -0.380. The zero-order chi connectivity index (χ0) is 13.8. The van der Waals surface area contributed by atoms with E-state index in [-0.39, 0.29) is 0 Å². The van der Waals surface area contributed by atoms with Crippen LogP contribution in [-0.2, 0) is 5.75 Å². The van der Waals surface area contributed by atoms with E-state index in [2.05, 4.69) is 19.2 Å². The first-order valence-corrected chi connectivity index (χ1v) is 8.38. The lowest BCUT2D eigenvalue weighted by Gasteiger charge is -2.26. The zero-order valence-electron chi connectivity index (χ0n) is 11.8. The van der Waals surface area contributed by atoms with E-state index in [4.69, 9.17) is 16.3 Å². The van der Waals surface area contributed by atoms with Crippen LogP contribution in [0.25, 0.3) is 0 Å². The van der Waals surface area contributed by atoms with Crippen LogP contribution >= 0.6 is 23.4 Å². The first kappa shape index (κ1) is 15.0. The predicted molar refractivity (Wildman–Crippen MR) is 84.4 cm³/mol. The summed E-state index contributed by atoms with van der Waals surface area (Å²) >= 11 is 8.44. The topological polar surface area (TPSA) is 21.3 Å². The van der Waals surface area contributed by atoms with Crippen LogP contribution in [0.3, 0.4) is 0 Å². The first-order valence-electron chi connectivity index (χ1n) is 6.85. The number of rotatable bonds is 4. The largest absolute Gasteiger partial charge is 0.496 e. The van der Waals surface area contributed by atoms with Gasteiger partial charge in [0.2, 0.25) is 0 Å². The van der Waals surface area contributed by atoms with Crippen LogP contribution in [-0.4, -0.2) is 19.4 Å². The molecule has 0 saturated carbocycles. The molecule has 0 saturated heterocycles. The third kappa shape index (κ3) is 3.21. The Bertz CT molecular complexity index is 438. The molecule has 0 radical (unpaired) electrons. The van der Waals surface area contributed by atoms with Gasteiger partial charge in [0.1, 0.15) is 5.75 Å². The van der Waals surface area contributed by atoms with Gasteiger partial charge >= 0.3 is 0 Å². The van der Waals surface area contributed by atoms with Gasteiger partial charge in [-0.3, -0.25) is 0 Å². The van der Waals surface area contributed by atoms with Crippen LogP contribution in [0.5, 0.6) is 5.75 Å². The number of thioether (sulfide) groups is 1. The Morgan fingerprint density at radius 1 is 1.47 bits per heavy atom. The second kappa shape index (κ2) is 6.87. The maximum absolute atomic E-state index is 6.48. The first-order chi connectivity index (χ1) is 9.19. The summed E-state index contributed by atoms with van der Waals surface area (Å²) in [5, 5.41) is 4.52. The molecule has 0 bridgehead atoms. The fourth-order valence-corrected chi connectivity index (χ4v) is 4.10. The second-order valence-electron chi connectivity index (χ2n) is 5.07. The van der Waals surface area contributed by atoms with Crippen molar-refractivity contribution in [2.45, 2.75) is 32.1 Å². The second-order valence-corrected chi connectivity index (χ2v) is 6.50. The van der Waals surface area contributed by atoms with Gasteiger partial charge in [-0.25, -0.2) is 0 Å². The molecule has 0 aromatic heterocycles. The molecule has 0 spiro atoms. The highest BCUT2D eigenvalue weighted by Gasteiger charge is 2.28.